The zero-order chi connectivity index (χ0) is 24.5. The number of hydrogen-bond acceptors (Lipinski definition) is 3. The van der Waals surface area contributed by atoms with Crippen molar-refractivity contribution < 1.29 is 31.9 Å². The monoisotopic (exact) mass is 548 g/mol. The lowest BCUT2D eigenvalue weighted by atomic mass is 10.1. The van der Waals surface area contributed by atoms with Crippen molar-refractivity contribution in [1.29, 1.82) is 0 Å². The van der Waals surface area contributed by atoms with Gasteiger partial charge in [-0.25, -0.2) is 9.18 Å². The fourth-order valence-electron chi connectivity index (χ4n) is 3.43. The Balaban J connectivity index is 2.04. The van der Waals surface area contributed by atoms with Crippen LogP contribution in [0.2, 0.25) is 5.02 Å². The number of aryl methyl sites for hydroxylation is 1. The first kappa shape index (κ1) is 25.0. The number of esters is 1. The molecule has 1 heterocycles. The minimum Gasteiger partial charge on any atom is -0.462 e. The first-order chi connectivity index (χ1) is 15.5. The Morgan fingerprint density at radius 3 is 2.45 bits per heavy atom. The van der Waals surface area contributed by atoms with Gasteiger partial charge in [0, 0.05) is 11.9 Å². The number of alkyl halides is 3. The van der Waals surface area contributed by atoms with Gasteiger partial charge < -0.3 is 14.6 Å². The number of nitrogens with zero attached hydrogens (tertiary/aromatic N) is 1. The third-order valence-corrected chi connectivity index (χ3v) is 5.83. The standard InChI is InChI=1S/C22H18BrClF4N2O3/c1-3-30-17-10-15(24)13(21(32)33-4-2)7-12(17)9-18(30)20(31)29-19(22(26,27)28)11-5-6-16(25)14(23)8-11/h5-10,19H,3-4H2,1-2H3,(H,29,31). The van der Waals surface area contributed by atoms with E-state index in [1.165, 1.54) is 22.8 Å². The molecule has 0 fully saturated rings. The first-order valence-corrected chi connectivity index (χ1v) is 11.0. The van der Waals surface area contributed by atoms with Crippen LogP contribution in [0.4, 0.5) is 17.6 Å². The Labute approximate surface area is 199 Å². The van der Waals surface area contributed by atoms with E-state index >= 15 is 0 Å². The van der Waals surface area contributed by atoms with E-state index in [1.54, 1.807) is 13.8 Å². The normalized spacial score (nSPS) is 12.6. The zero-order valence-corrected chi connectivity index (χ0v) is 19.7. The van der Waals surface area contributed by atoms with Crippen LogP contribution in [-0.2, 0) is 11.3 Å². The van der Waals surface area contributed by atoms with Crippen LogP contribution in [0.5, 0.6) is 0 Å². The van der Waals surface area contributed by atoms with Gasteiger partial charge >= 0.3 is 12.1 Å². The molecule has 3 rings (SSSR count). The Bertz CT molecular complexity index is 1230. The molecule has 1 atom stereocenters. The highest BCUT2D eigenvalue weighted by Crippen LogP contribution is 2.35. The molecule has 2 aromatic carbocycles. The predicted molar refractivity (Wildman–Crippen MR) is 119 cm³/mol. The number of hydrogen-bond donors (Lipinski definition) is 1. The summed E-state index contributed by atoms with van der Waals surface area (Å²) in [5.74, 6) is -2.38. The van der Waals surface area contributed by atoms with Crippen molar-refractivity contribution >= 4 is 50.3 Å². The van der Waals surface area contributed by atoms with Crippen molar-refractivity contribution in [3.05, 3.63) is 68.5 Å². The highest BCUT2D eigenvalue weighted by Gasteiger charge is 2.42. The second kappa shape index (κ2) is 9.72. The van der Waals surface area contributed by atoms with Crippen LogP contribution in [0.25, 0.3) is 10.9 Å². The zero-order valence-electron chi connectivity index (χ0n) is 17.4. The molecule has 0 radical (unpaired) electrons. The molecular weight excluding hydrogens is 532 g/mol. The second-order valence-corrected chi connectivity index (χ2v) is 8.27. The van der Waals surface area contributed by atoms with Gasteiger partial charge in [-0.15, -0.1) is 0 Å². The van der Waals surface area contributed by atoms with Crippen molar-refractivity contribution in [1.82, 2.24) is 9.88 Å². The average Bonchev–Trinajstić information content (AvgIpc) is 3.10. The summed E-state index contributed by atoms with van der Waals surface area (Å²) in [6.45, 7) is 3.73. The van der Waals surface area contributed by atoms with Gasteiger partial charge in [-0.2, -0.15) is 13.2 Å². The molecule has 0 saturated carbocycles. The van der Waals surface area contributed by atoms with E-state index in [1.807, 2.05) is 5.32 Å². The topological polar surface area (TPSA) is 60.3 Å². The minimum absolute atomic E-state index is 0.0556. The smallest absolute Gasteiger partial charge is 0.412 e. The van der Waals surface area contributed by atoms with Crippen molar-refractivity contribution in [2.45, 2.75) is 32.6 Å². The van der Waals surface area contributed by atoms with Crippen LogP contribution in [0.1, 0.15) is 46.3 Å². The third-order valence-electron chi connectivity index (χ3n) is 4.91. The third kappa shape index (κ3) is 5.16. The summed E-state index contributed by atoms with van der Waals surface area (Å²) in [6, 6.07) is 4.70. The van der Waals surface area contributed by atoms with E-state index in [9.17, 15) is 27.2 Å². The highest BCUT2D eigenvalue weighted by atomic mass is 79.9. The molecule has 5 nitrogen and oxygen atoms in total. The number of carbonyl (C=O) groups excluding carboxylic acids is 2. The second-order valence-electron chi connectivity index (χ2n) is 7.01. The van der Waals surface area contributed by atoms with Crippen LogP contribution in [0.15, 0.2) is 40.9 Å². The number of halogens is 6. The maximum absolute atomic E-state index is 13.8. The quantitative estimate of drug-likeness (QED) is 0.285. The molecule has 33 heavy (non-hydrogen) atoms. The first-order valence-electron chi connectivity index (χ1n) is 9.80. The molecular formula is C22H18BrClF4N2O3. The molecule has 0 aliphatic rings. The van der Waals surface area contributed by atoms with Gasteiger partial charge in [-0.3, -0.25) is 4.79 Å². The lowest BCUT2D eigenvalue weighted by Gasteiger charge is -2.22. The van der Waals surface area contributed by atoms with E-state index in [0.717, 1.165) is 18.2 Å². The highest BCUT2D eigenvalue weighted by molar-refractivity contribution is 9.10. The average molecular weight is 550 g/mol. The van der Waals surface area contributed by atoms with Crippen LogP contribution in [0.3, 0.4) is 0 Å². The molecule has 1 N–H and O–H groups in total. The van der Waals surface area contributed by atoms with Crippen molar-refractivity contribution in [2.75, 3.05) is 6.61 Å². The molecule has 3 aromatic rings. The molecule has 0 bridgehead atoms. The number of fused-ring (bicyclic) bond motifs is 1. The number of benzene rings is 2. The van der Waals surface area contributed by atoms with Crippen molar-refractivity contribution in [2.24, 2.45) is 0 Å². The maximum atomic E-state index is 13.8. The number of ether oxygens (including phenoxy) is 1. The summed E-state index contributed by atoms with van der Waals surface area (Å²) in [7, 11) is 0. The minimum atomic E-state index is -4.84. The summed E-state index contributed by atoms with van der Waals surface area (Å²) in [4.78, 5) is 25.1. The van der Waals surface area contributed by atoms with Gasteiger partial charge in [0.2, 0.25) is 0 Å². The summed E-state index contributed by atoms with van der Waals surface area (Å²) >= 11 is 9.07. The van der Waals surface area contributed by atoms with Gasteiger partial charge in [0.1, 0.15) is 11.5 Å². The van der Waals surface area contributed by atoms with E-state index in [4.69, 9.17) is 16.3 Å². The van der Waals surface area contributed by atoms with Gasteiger partial charge in [-0.1, -0.05) is 17.7 Å². The largest absolute Gasteiger partial charge is 0.462 e. The molecule has 176 valence electrons. The van der Waals surface area contributed by atoms with Crippen molar-refractivity contribution in [3.8, 4) is 0 Å². The van der Waals surface area contributed by atoms with Crippen molar-refractivity contribution in [3.63, 3.8) is 0 Å². The lowest BCUT2D eigenvalue weighted by molar-refractivity contribution is -0.155. The number of carbonyl (C=O) groups is 2. The van der Waals surface area contributed by atoms with Gasteiger partial charge in [-0.05, 0) is 65.7 Å². The Morgan fingerprint density at radius 1 is 1.18 bits per heavy atom. The Kier molecular flexibility index (Phi) is 7.38. The lowest BCUT2D eigenvalue weighted by Crippen LogP contribution is -2.38. The van der Waals surface area contributed by atoms with Crippen LogP contribution in [-0.4, -0.2) is 29.2 Å². The van der Waals surface area contributed by atoms with E-state index in [2.05, 4.69) is 15.9 Å². The van der Waals surface area contributed by atoms with Crippen LogP contribution >= 0.6 is 27.5 Å². The predicted octanol–water partition coefficient (Wildman–Crippen LogP) is 6.43. The Hall–Kier alpha value is -2.59. The number of aromatic nitrogens is 1. The summed E-state index contributed by atoms with van der Waals surface area (Å²) < 4.78 is 61.1. The molecule has 1 aromatic heterocycles. The van der Waals surface area contributed by atoms with Gasteiger partial charge in [0.25, 0.3) is 5.91 Å². The molecule has 0 spiro atoms. The van der Waals surface area contributed by atoms with Crippen LogP contribution in [0, 0.1) is 5.82 Å². The van der Waals surface area contributed by atoms with Gasteiger partial charge in [0.05, 0.1) is 27.2 Å². The maximum Gasteiger partial charge on any atom is 0.412 e. The summed E-state index contributed by atoms with van der Waals surface area (Å²) in [5.41, 5.74) is 0.153. The van der Waals surface area contributed by atoms with Gasteiger partial charge in [0.15, 0.2) is 6.04 Å². The number of nitrogens with one attached hydrogen (secondary N) is 1. The molecule has 1 unspecified atom stereocenters. The SMILES string of the molecule is CCOC(=O)c1cc2cc(C(=O)NC(c3ccc(F)c(Br)c3)C(F)(F)F)n(CC)c2cc1Cl. The summed E-state index contributed by atoms with van der Waals surface area (Å²) in [6.07, 6.45) is -4.84. The molecule has 1 amide bonds. The fourth-order valence-corrected chi connectivity index (χ4v) is 4.06. The van der Waals surface area contributed by atoms with E-state index < -0.39 is 29.9 Å². The molecule has 0 aliphatic heterocycles. The molecule has 0 saturated heterocycles. The van der Waals surface area contributed by atoms with Crippen LogP contribution < -0.4 is 5.32 Å². The number of rotatable bonds is 6. The summed E-state index contributed by atoms with van der Waals surface area (Å²) in [5, 5.41) is 2.51. The van der Waals surface area contributed by atoms with E-state index in [-0.39, 0.29) is 39.5 Å². The molecule has 0 aliphatic carbocycles. The number of amides is 1. The Morgan fingerprint density at radius 2 is 1.88 bits per heavy atom. The van der Waals surface area contributed by atoms with E-state index in [0.29, 0.717) is 10.9 Å². The fraction of sp³-hybridized carbons (Fsp3) is 0.273. The molecule has 11 heteroatoms.